The van der Waals surface area contributed by atoms with E-state index >= 15 is 0 Å². The molecule has 1 atom stereocenters. The largest absolute Gasteiger partial charge is 0.467 e. The van der Waals surface area contributed by atoms with Crippen LogP contribution in [0.4, 0.5) is 0 Å². The monoisotopic (exact) mass is 187 g/mol. The van der Waals surface area contributed by atoms with Crippen LogP contribution in [0.25, 0.3) is 0 Å². The van der Waals surface area contributed by atoms with Crippen LogP contribution >= 0.6 is 0 Å². The molecule has 0 radical (unpaired) electrons. The molecule has 5 nitrogen and oxygen atoms in total. The van der Waals surface area contributed by atoms with Crippen LogP contribution in [-0.4, -0.2) is 48.2 Å². The number of hydrogen-bond donors (Lipinski definition) is 1. The van der Waals surface area contributed by atoms with Crippen LogP contribution in [0.15, 0.2) is 0 Å². The van der Waals surface area contributed by atoms with Crippen LogP contribution in [0.1, 0.15) is 12.8 Å². The van der Waals surface area contributed by atoms with Gasteiger partial charge in [0.25, 0.3) is 0 Å². The number of rotatable bonds is 2. The second-order valence-electron chi connectivity index (χ2n) is 3.13. The Bertz CT molecular complexity index is 240. The van der Waals surface area contributed by atoms with Gasteiger partial charge in [-0.05, 0) is 6.42 Å². The lowest BCUT2D eigenvalue weighted by Crippen LogP contribution is -2.53. The number of ether oxygens (including phenoxy) is 1. The van der Waals surface area contributed by atoms with Gasteiger partial charge in [-0.2, -0.15) is 0 Å². The molecule has 1 aliphatic rings. The Kier molecular flexibility index (Phi) is 2.56. The van der Waals surface area contributed by atoms with Gasteiger partial charge < -0.3 is 14.7 Å². The zero-order chi connectivity index (χ0) is 10.1. The first kappa shape index (κ1) is 9.98. The molecule has 13 heavy (non-hydrogen) atoms. The first-order valence-electron chi connectivity index (χ1n) is 4.04. The highest BCUT2D eigenvalue weighted by Gasteiger charge is 2.49. The maximum atomic E-state index is 11.3. The molecular weight excluding hydrogens is 174 g/mol. The van der Waals surface area contributed by atoms with E-state index in [1.54, 1.807) is 0 Å². The molecule has 0 spiro atoms. The third-order valence-electron chi connectivity index (χ3n) is 2.60. The number of esters is 1. The topological polar surface area (TPSA) is 66.8 Å². The van der Waals surface area contributed by atoms with E-state index in [4.69, 9.17) is 5.11 Å². The minimum Gasteiger partial charge on any atom is -0.467 e. The number of carbonyl (C=O) groups is 2. The van der Waals surface area contributed by atoms with Gasteiger partial charge in [-0.1, -0.05) is 0 Å². The lowest BCUT2D eigenvalue weighted by Gasteiger charge is -2.30. The van der Waals surface area contributed by atoms with Crippen LogP contribution in [0.3, 0.4) is 0 Å². The van der Waals surface area contributed by atoms with E-state index < -0.39 is 11.5 Å². The van der Waals surface area contributed by atoms with Crippen LogP contribution in [0.5, 0.6) is 0 Å². The Labute approximate surface area is 76.3 Å². The first-order chi connectivity index (χ1) is 6.08. The third-order valence-corrected chi connectivity index (χ3v) is 2.60. The van der Waals surface area contributed by atoms with Gasteiger partial charge in [0.05, 0.1) is 13.7 Å². The fourth-order valence-electron chi connectivity index (χ4n) is 1.57. The highest BCUT2D eigenvalue weighted by Crippen LogP contribution is 2.29. The molecule has 1 N–H and O–H groups in total. The second kappa shape index (κ2) is 3.33. The number of carbonyl (C=O) groups excluding carboxylic acids is 2. The molecule has 0 aromatic rings. The van der Waals surface area contributed by atoms with Gasteiger partial charge in [-0.15, -0.1) is 0 Å². The number of likely N-dealkylation sites (N-methyl/N-ethyl adjacent to an activating group) is 1. The van der Waals surface area contributed by atoms with Crippen molar-refractivity contribution in [3.8, 4) is 0 Å². The third kappa shape index (κ3) is 1.29. The van der Waals surface area contributed by atoms with E-state index in [0.29, 0.717) is 6.42 Å². The molecule has 74 valence electrons. The summed E-state index contributed by atoms with van der Waals surface area (Å²) in [5, 5.41) is 9.11. The van der Waals surface area contributed by atoms with Crippen molar-refractivity contribution in [2.45, 2.75) is 18.4 Å². The Morgan fingerprint density at radius 1 is 1.77 bits per heavy atom. The van der Waals surface area contributed by atoms with E-state index in [1.165, 1.54) is 19.1 Å². The Hall–Kier alpha value is -1.10. The van der Waals surface area contributed by atoms with Gasteiger partial charge in [0.15, 0.2) is 5.54 Å². The summed E-state index contributed by atoms with van der Waals surface area (Å²) in [6.07, 6.45) is 0.609. The van der Waals surface area contributed by atoms with Crippen molar-refractivity contribution in [2.75, 3.05) is 20.8 Å². The van der Waals surface area contributed by atoms with E-state index in [-0.39, 0.29) is 18.9 Å². The average molecular weight is 187 g/mol. The number of aliphatic hydroxyl groups excluding tert-OH is 1. The zero-order valence-corrected chi connectivity index (χ0v) is 7.74. The van der Waals surface area contributed by atoms with Crippen molar-refractivity contribution < 1.29 is 19.4 Å². The normalized spacial score (nSPS) is 27.9. The molecule has 0 bridgehead atoms. The molecule has 1 rings (SSSR count). The second-order valence-corrected chi connectivity index (χ2v) is 3.13. The van der Waals surface area contributed by atoms with Crippen molar-refractivity contribution >= 4 is 11.9 Å². The number of nitrogens with zero attached hydrogens (tertiary/aromatic N) is 1. The minimum absolute atomic E-state index is 0.139. The number of hydrogen-bond acceptors (Lipinski definition) is 4. The molecule has 0 saturated carbocycles. The Morgan fingerprint density at radius 3 is 2.69 bits per heavy atom. The first-order valence-corrected chi connectivity index (χ1v) is 4.04. The van der Waals surface area contributed by atoms with Crippen molar-refractivity contribution in [3.63, 3.8) is 0 Å². The Balaban J connectivity index is 2.94. The molecule has 1 amide bonds. The lowest BCUT2D eigenvalue weighted by atomic mass is 9.98. The molecule has 5 heteroatoms. The van der Waals surface area contributed by atoms with E-state index in [1.807, 2.05) is 0 Å². The van der Waals surface area contributed by atoms with E-state index in [9.17, 15) is 9.59 Å². The summed E-state index contributed by atoms with van der Waals surface area (Å²) in [5.41, 5.74) is -1.15. The highest BCUT2D eigenvalue weighted by atomic mass is 16.5. The summed E-state index contributed by atoms with van der Waals surface area (Å²) in [4.78, 5) is 23.8. The van der Waals surface area contributed by atoms with Gasteiger partial charge in [0.1, 0.15) is 0 Å². The van der Waals surface area contributed by atoms with Gasteiger partial charge in [-0.25, -0.2) is 4.79 Å². The van der Waals surface area contributed by atoms with Crippen LogP contribution < -0.4 is 0 Å². The predicted octanol–water partition coefficient (Wildman–Crippen LogP) is -0.857. The van der Waals surface area contributed by atoms with Gasteiger partial charge in [0, 0.05) is 13.5 Å². The standard InChI is InChI=1S/C8H13NO4/c1-9-6(11)3-4-8(9,5-10)7(12)13-2/h10H,3-5H2,1-2H3. The van der Waals surface area contributed by atoms with Crippen molar-refractivity contribution in [1.82, 2.24) is 4.90 Å². The minimum atomic E-state index is -1.15. The molecule has 1 fully saturated rings. The molecule has 0 aliphatic carbocycles. The van der Waals surface area contributed by atoms with Crippen LogP contribution in [0, 0.1) is 0 Å². The fraction of sp³-hybridized carbons (Fsp3) is 0.750. The highest BCUT2D eigenvalue weighted by molar-refractivity contribution is 5.91. The molecule has 1 saturated heterocycles. The smallest absolute Gasteiger partial charge is 0.334 e. The maximum absolute atomic E-state index is 11.3. The maximum Gasteiger partial charge on any atom is 0.334 e. The average Bonchev–Trinajstić information content (AvgIpc) is 2.44. The summed E-state index contributed by atoms with van der Waals surface area (Å²) in [6.45, 7) is -0.387. The van der Waals surface area contributed by atoms with Gasteiger partial charge in [-0.3, -0.25) is 4.79 Å². The number of amides is 1. The summed E-state index contributed by atoms with van der Waals surface area (Å²) < 4.78 is 4.55. The van der Waals surface area contributed by atoms with E-state index in [0.717, 1.165) is 0 Å². The summed E-state index contributed by atoms with van der Waals surface area (Å²) in [6, 6.07) is 0. The van der Waals surface area contributed by atoms with E-state index in [2.05, 4.69) is 4.74 Å². The van der Waals surface area contributed by atoms with Gasteiger partial charge in [0.2, 0.25) is 5.91 Å². The molecule has 0 aromatic carbocycles. The molecule has 1 aliphatic heterocycles. The summed E-state index contributed by atoms with van der Waals surface area (Å²) in [7, 11) is 2.75. The number of likely N-dealkylation sites (tertiary alicyclic amines) is 1. The lowest BCUT2D eigenvalue weighted by molar-refractivity contribution is -0.158. The van der Waals surface area contributed by atoms with Crippen molar-refractivity contribution in [3.05, 3.63) is 0 Å². The summed E-state index contributed by atoms with van der Waals surface area (Å²) >= 11 is 0. The SMILES string of the molecule is COC(=O)C1(CO)CCC(=O)N1C. The van der Waals surface area contributed by atoms with Crippen LogP contribution in [-0.2, 0) is 14.3 Å². The van der Waals surface area contributed by atoms with Crippen molar-refractivity contribution in [2.24, 2.45) is 0 Å². The molecular formula is C8H13NO4. The fourth-order valence-corrected chi connectivity index (χ4v) is 1.57. The van der Waals surface area contributed by atoms with Crippen LogP contribution in [0.2, 0.25) is 0 Å². The molecule has 1 heterocycles. The number of methoxy groups -OCH3 is 1. The predicted molar refractivity (Wildman–Crippen MR) is 43.8 cm³/mol. The van der Waals surface area contributed by atoms with Crippen molar-refractivity contribution in [1.29, 1.82) is 0 Å². The summed E-state index contributed by atoms with van der Waals surface area (Å²) in [5.74, 6) is -0.692. The van der Waals surface area contributed by atoms with Gasteiger partial charge >= 0.3 is 5.97 Å². The molecule has 1 unspecified atom stereocenters. The number of aliphatic hydroxyl groups is 1. The Morgan fingerprint density at radius 2 is 2.38 bits per heavy atom. The zero-order valence-electron chi connectivity index (χ0n) is 7.74. The quantitative estimate of drug-likeness (QED) is 0.571. The molecule has 0 aromatic heterocycles.